The predicted molar refractivity (Wildman–Crippen MR) is 158 cm³/mol. The van der Waals surface area contributed by atoms with Crippen LogP contribution >= 0.6 is 0 Å². The normalized spacial score (nSPS) is 19.6. The number of likely N-dealkylation sites (tertiary alicyclic amines) is 1. The molecule has 1 saturated heterocycles. The van der Waals surface area contributed by atoms with Gasteiger partial charge in [-0.25, -0.2) is 9.48 Å². The van der Waals surface area contributed by atoms with E-state index in [2.05, 4.69) is 19.2 Å². The van der Waals surface area contributed by atoms with E-state index in [1.807, 2.05) is 72.9 Å². The molecule has 2 aliphatic heterocycles. The Kier molecular flexibility index (Phi) is 7.26. The van der Waals surface area contributed by atoms with Gasteiger partial charge in [-0.2, -0.15) is 5.10 Å². The van der Waals surface area contributed by atoms with Crippen LogP contribution in [0.2, 0.25) is 0 Å². The third-order valence-corrected chi connectivity index (χ3v) is 8.32. The van der Waals surface area contributed by atoms with Crippen LogP contribution < -0.4 is 9.64 Å². The molecule has 0 radical (unpaired) electrons. The number of fused-ring (bicyclic) bond motifs is 1. The Morgan fingerprint density at radius 1 is 0.927 bits per heavy atom. The van der Waals surface area contributed by atoms with Crippen LogP contribution in [0.4, 0.5) is 10.5 Å². The van der Waals surface area contributed by atoms with Gasteiger partial charge in [-0.05, 0) is 102 Å². The van der Waals surface area contributed by atoms with Crippen molar-refractivity contribution in [2.75, 3.05) is 18.0 Å². The molecular weight excluding hydrogens is 516 g/mol. The molecule has 8 nitrogen and oxygen atoms in total. The summed E-state index contributed by atoms with van der Waals surface area (Å²) in [6.07, 6.45) is 9.18. The first-order valence-electron chi connectivity index (χ1n) is 14.9. The van der Waals surface area contributed by atoms with Crippen molar-refractivity contribution in [2.45, 2.75) is 83.8 Å². The highest BCUT2D eigenvalue weighted by molar-refractivity contribution is 5.98. The smallest absolute Gasteiger partial charge is 0.410 e. The van der Waals surface area contributed by atoms with E-state index in [0.717, 1.165) is 72.5 Å². The summed E-state index contributed by atoms with van der Waals surface area (Å²) in [5.74, 6) is 2.20. The number of aromatic nitrogens is 2. The highest BCUT2D eigenvalue weighted by Gasteiger charge is 2.39. The lowest BCUT2D eigenvalue weighted by molar-refractivity contribution is -0.120. The summed E-state index contributed by atoms with van der Waals surface area (Å²) in [5.41, 5.74) is 3.53. The Morgan fingerprint density at radius 2 is 1.63 bits per heavy atom. The van der Waals surface area contributed by atoms with Crippen LogP contribution in [0, 0.1) is 5.92 Å². The molecule has 2 fully saturated rings. The lowest BCUT2D eigenvalue weighted by atomic mass is 9.92. The zero-order valence-corrected chi connectivity index (χ0v) is 24.5. The highest BCUT2D eigenvalue weighted by atomic mass is 16.6. The topological polar surface area (TPSA) is 76.9 Å². The molecule has 0 spiro atoms. The second-order valence-corrected chi connectivity index (χ2v) is 12.7. The Balaban J connectivity index is 1.28. The van der Waals surface area contributed by atoms with Crippen molar-refractivity contribution in [3.63, 3.8) is 0 Å². The lowest BCUT2D eigenvalue weighted by Gasteiger charge is -2.36. The zero-order valence-electron chi connectivity index (χ0n) is 24.5. The fourth-order valence-corrected chi connectivity index (χ4v) is 5.96. The first-order valence-corrected chi connectivity index (χ1v) is 14.9. The third kappa shape index (κ3) is 5.83. The van der Waals surface area contributed by atoms with Crippen molar-refractivity contribution in [1.82, 2.24) is 14.7 Å². The number of benzene rings is 2. The number of rotatable bonds is 5. The van der Waals surface area contributed by atoms with Gasteiger partial charge in [0.25, 0.3) is 0 Å². The average Bonchev–Trinajstić information content (AvgIpc) is 3.69. The summed E-state index contributed by atoms with van der Waals surface area (Å²) in [6.45, 7) is 9.15. The van der Waals surface area contributed by atoms with E-state index in [1.165, 1.54) is 0 Å². The predicted octanol–water partition coefficient (Wildman–Crippen LogP) is 6.86. The van der Waals surface area contributed by atoms with Gasteiger partial charge >= 0.3 is 6.09 Å². The molecule has 0 bridgehead atoms. The minimum Gasteiger partial charge on any atom is -0.455 e. The quantitative estimate of drug-likeness (QED) is 0.343. The number of hydrogen-bond donors (Lipinski definition) is 0. The fourth-order valence-electron chi connectivity index (χ4n) is 5.96. The molecular formula is C33H40N4O4. The number of hydrogen-bond acceptors (Lipinski definition) is 5. The Hall–Kier alpha value is -3.81. The summed E-state index contributed by atoms with van der Waals surface area (Å²) >= 11 is 0. The SMILES string of the molecule is CC1CCc2c(ccc(-n3cc(C4CCN(C(=O)OC(C)(C)C)CC4)cn3)c2Oc2ccccc2)N1C(=O)C1CC1. The number of carbonyl (C=O) groups is 2. The van der Waals surface area contributed by atoms with Crippen molar-refractivity contribution in [1.29, 1.82) is 0 Å². The van der Waals surface area contributed by atoms with Crippen molar-refractivity contribution in [3.05, 3.63) is 66.0 Å². The summed E-state index contributed by atoms with van der Waals surface area (Å²) in [5, 5.41) is 4.77. The minimum atomic E-state index is -0.496. The molecule has 2 amide bonds. The van der Waals surface area contributed by atoms with Crippen LogP contribution in [-0.4, -0.2) is 51.4 Å². The van der Waals surface area contributed by atoms with Crippen molar-refractivity contribution >= 4 is 17.7 Å². The molecule has 6 rings (SSSR count). The van der Waals surface area contributed by atoms with Gasteiger partial charge in [0.05, 0.1) is 11.9 Å². The van der Waals surface area contributed by atoms with E-state index in [1.54, 1.807) is 4.90 Å². The first kappa shape index (κ1) is 27.4. The van der Waals surface area contributed by atoms with Crippen LogP contribution in [0.3, 0.4) is 0 Å². The molecule has 8 heteroatoms. The van der Waals surface area contributed by atoms with Gasteiger partial charge < -0.3 is 19.3 Å². The molecule has 41 heavy (non-hydrogen) atoms. The number of piperidine rings is 1. The second kappa shape index (κ2) is 10.9. The summed E-state index contributed by atoms with van der Waals surface area (Å²) in [6, 6.07) is 14.1. The van der Waals surface area contributed by atoms with Gasteiger partial charge in [-0.3, -0.25) is 4.79 Å². The number of amides is 2. The van der Waals surface area contributed by atoms with Crippen LogP contribution in [-0.2, 0) is 16.0 Å². The Bertz CT molecular complexity index is 1410. The van der Waals surface area contributed by atoms with Crippen LogP contribution in [0.1, 0.15) is 76.8 Å². The maximum atomic E-state index is 13.3. The molecule has 1 saturated carbocycles. The molecule has 1 unspecified atom stereocenters. The average molecular weight is 557 g/mol. The summed E-state index contributed by atoms with van der Waals surface area (Å²) in [7, 11) is 0. The van der Waals surface area contributed by atoms with Gasteiger partial charge in [0.2, 0.25) is 5.91 Å². The number of ether oxygens (including phenoxy) is 2. The largest absolute Gasteiger partial charge is 0.455 e. The van der Waals surface area contributed by atoms with E-state index >= 15 is 0 Å². The molecule has 0 N–H and O–H groups in total. The Labute approximate surface area is 242 Å². The van der Waals surface area contributed by atoms with Crippen molar-refractivity contribution in [3.8, 4) is 17.2 Å². The fraction of sp³-hybridized carbons (Fsp3) is 0.485. The maximum Gasteiger partial charge on any atom is 0.410 e. The van der Waals surface area contributed by atoms with Gasteiger partial charge in [0.1, 0.15) is 17.0 Å². The summed E-state index contributed by atoms with van der Waals surface area (Å²) in [4.78, 5) is 29.6. The van der Waals surface area contributed by atoms with Gasteiger partial charge in [-0.1, -0.05) is 18.2 Å². The molecule has 1 aliphatic carbocycles. The number of anilines is 1. The van der Waals surface area contributed by atoms with Crippen molar-refractivity contribution < 1.29 is 19.1 Å². The van der Waals surface area contributed by atoms with E-state index in [-0.39, 0.29) is 24.0 Å². The maximum absolute atomic E-state index is 13.3. The molecule has 3 aliphatic rings. The van der Waals surface area contributed by atoms with E-state index in [0.29, 0.717) is 19.0 Å². The molecule has 216 valence electrons. The Morgan fingerprint density at radius 3 is 2.32 bits per heavy atom. The van der Waals surface area contributed by atoms with Gasteiger partial charge in [-0.15, -0.1) is 0 Å². The van der Waals surface area contributed by atoms with Crippen LogP contribution in [0.25, 0.3) is 5.69 Å². The van der Waals surface area contributed by atoms with Crippen LogP contribution in [0.5, 0.6) is 11.5 Å². The molecule has 1 aromatic heterocycles. The summed E-state index contributed by atoms with van der Waals surface area (Å²) < 4.78 is 14.0. The second-order valence-electron chi connectivity index (χ2n) is 12.7. The van der Waals surface area contributed by atoms with Crippen molar-refractivity contribution in [2.24, 2.45) is 5.92 Å². The zero-order chi connectivity index (χ0) is 28.7. The van der Waals surface area contributed by atoms with Gasteiger partial charge in [0.15, 0.2) is 5.75 Å². The van der Waals surface area contributed by atoms with Crippen LogP contribution in [0.15, 0.2) is 54.9 Å². The standard InChI is InChI=1S/C33H40N4O4/c1-22-10-13-27-28(37(22)31(38)24-11-12-24)14-15-29(30(27)40-26-8-6-5-7-9-26)36-21-25(20-34-36)23-16-18-35(19-17-23)32(39)41-33(2,3)4/h5-9,14-15,20-24H,10-13,16-19H2,1-4H3. The third-order valence-electron chi connectivity index (χ3n) is 8.32. The molecule has 3 heterocycles. The highest BCUT2D eigenvalue weighted by Crippen LogP contribution is 2.44. The van der Waals surface area contributed by atoms with E-state index in [9.17, 15) is 9.59 Å². The number of carbonyl (C=O) groups excluding carboxylic acids is 2. The molecule has 2 aromatic carbocycles. The molecule has 1 atom stereocenters. The minimum absolute atomic E-state index is 0.150. The monoisotopic (exact) mass is 556 g/mol. The number of nitrogens with zero attached hydrogens (tertiary/aromatic N) is 4. The van der Waals surface area contributed by atoms with E-state index in [4.69, 9.17) is 14.6 Å². The molecule has 3 aromatic rings. The van der Waals surface area contributed by atoms with Gasteiger partial charge in [0, 0.05) is 36.8 Å². The lowest BCUT2D eigenvalue weighted by Crippen LogP contribution is -2.43. The van der Waals surface area contributed by atoms with E-state index < -0.39 is 5.60 Å². The number of para-hydroxylation sites is 1. The first-order chi connectivity index (χ1) is 19.7.